The van der Waals surface area contributed by atoms with Crippen LogP contribution in [0.2, 0.25) is 0 Å². The van der Waals surface area contributed by atoms with E-state index in [0.717, 1.165) is 5.69 Å². The lowest BCUT2D eigenvalue weighted by molar-refractivity contribution is -0.130. The zero-order valence-corrected chi connectivity index (χ0v) is 12.3. The maximum atomic E-state index is 12.6. The van der Waals surface area contributed by atoms with Crippen molar-refractivity contribution in [2.45, 2.75) is 12.5 Å². The number of hydrogen-bond donors (Lipinski definition) is 2. The number of amides is 1. The third-order valence-electron chi connectivity index (χ3n) is 3.05. The highest BCUT2D eigenvalue weighted by Crippen LogP contribution is 2.19. The standard InChI is InChI=1S/C14H16N4O2S/c1-18(7-11-8-21-9-16-11)14(19)12(13(15)17-20)10-5-3-2-4-6-10/h2-6,8-9,12,20H,7H2,1H3,(H2,15,17). The Morgan fingerprint density at radius 3 is 2.76 bits per heavy atom. The van der Waals surface area contributed by atoms with Crippen molar-refractivity contribution in [2.75, 3.05) is 7.05 Å². The van der Waals surface area contributed by atoms with Gasteiger partial charge in [0.25, 0.3) is 0 Å². The lowest BCUT2D eigenvalue weighted by atomic mass is 9.96. The average molecular weight is 304 g/mol. The van der Waals surface area contributed by atoms with Crippen molar-refractivity contribution in [2.24, 2.45) is 10.9 Å². The van der Waals surface area contributed by atoms with Gasteiger partial charge in [-0.3, -0.25) is 4.79 Å². The van der Waals surface area contributed by atoms with E-state index in [2.05, 4.69) is 10.1 Å². The summed E-state index contributed by atoms with van der Waals surface area (Å²) in [6, 6.07) is 9.01. The van der Waals surface area contributed by atoms with Gasteiger partial charge in [-0.05, 0) is 5.56 Å². The maximum Gasteiger partial charge on any atom is 0.237 e. The van der Waals surface area contributed by atoms with Gasteiger partial charge in [0.1, 0.15) is 5.92 Å². The quantitative estimate of drug-likeness (QED) is 0.380. The number of carbonyl (C=O) groups excluding carboxylic acids is 1. The highest BCUT2D eigenvalue weighted by molar-refractivity contribution is 7.07. The highest BCUT2D eigenvalue weighted by Gasteiger charge is 2.28. The van der Waals surface area contributed by atoms with Crippen LogP contribution >= 0.6 is 11.3 Å². The number of thiazole rings is 1. The number of likely N-dealkylation sites (N-methyl/N-ethyl adjacent to an activating group) is 1. The normalized spacial score (nSPS) is 12.9. The van der Waals surface area contributed by atoms with E-state index in [4.69, 9.17) is 10.9 Å². The first kappa shape index (κ1) is 15.0. The van der Waals surface area contributed by atoms with Crippen molar-refractivity contribution in [3.8, 4) is 0 Å². The molecule has 0 radical (unpaired) electrons. The van der Waals surface area contributed by atoms with Gasteiger partial charge in [-0.1, -0.05) is 35.5 Å². The van der Waals surface area contributed by atoms with Gasteiger partial charge < -0.3 is 15.8 Å². The molecule has 0 fully saturated rings. The Hall–Kier alpha value is -2.41. The van der Waals surface area contributed by atoms with Gasteiger partial charge in [0, 0.05) is 12.4 Å². The Morgan fingerprint density at radius 2 is 2.19 bits per heavy atom. The Kier molecular flexibility index (Phi) is 4.89. The molecule has 2 aromatic rings. The van der Waals surface area contributed by atoms with E-state index in [0.29, 0.717) is 12.1 Å². The second-order valence-electron chi connectivity index (χ2n) is 4.54. The summed E-state index contributed by atoms with van der Waals surface area (Å²) >= 11 is 1.47. The lowest BCUT2D eigenvalue weighted by Gasteiger charge is -2.22. The van der Waals surface area contributed by atoms with Crippen molar-refractivity contribution in [1.82, 2.24) is 9.88 Å². The molecule has 1 aromatic carbocycles. The second-order valence-corrected chi connectivity index (χ2v) is 5.26. The van der Waals surface area contributed by atoms with E-state index in [1.807, 2.05) is 11.4 Å². The Bertz CT molecular complexity index is 613. The molecule has 2 rings (SSSR count). The van der Waals surface area contributed by atoms with Crippen LogP contribution in [0.15, 0.2) is 46.4 Å². The van der Waals surface area contributed by atoms with E-state index in [1.54, 1.807) is 36.8 Å². The van der Waals surface area contributed by atoms with E-state index < -0.39 is 5.92 Å². The molecular formula is C14H16N4O2S. The Labute approximate surface area is 126 Å². The van der Waals surface area contributed by atoms with Crippen LogP contribution in [0.1, 0.15) is 17.2 Å². The predicted octanol–water partition coefficient (Wildman–Crippen LogP) is 1.63. The fourth-order valence-electron chi connectivity index (χ4n) is 2.00. The number of oxime groups is 1. The van der Waals surface area contributed by atoms with Crippen LogP contribution in [-0.4, -0.2) is 33.9 Å². The monoisotopic (exact) mass is 304 g/mol. The zero-order chi connectivity index (χ0) is 15.2. The zero-order valence-electron chi connectivity index (χ0n) is 11.5. The highest BCUT2D eigenvalue weighted by atomic mass is 32.1. The van der Waals surface area contributed by atoms with Gasteiger partial charge in [0.15, 0.2) is 5.84 Å². The topological polar surface area (TPSA) is 91.8 Å². The van der Waals surface area contributed by atoms with Crippen molar-refractivity contribution in [3.63, 3.8) is 0 Å². The number of nitrogens with two attached hydrogens (primary N) is 1. The minimum absolute atomic E-state index is 0.128. The van der Waals surface area contributed by atoms with Gasteiger partial charge in [-0.2, -0.15) is 0 Å². The van der Waals surface area contributed by atoms with Crippen molar-refractivity contribution < 1.29 is 10.0 Å². The van der Waals surface area contributed by atoms with Crippen molar-refractivity contribution in [3.05, 3.63) is 52.5 Å². The largest absolute Gasteiger partial charge is 0.409 e. The molecule has 3 N–H and O–H groups in total. The molecule has 21 heavy (non-hydrogen) atoms. The molecule has 0 aliphatic rings. The van der Waals surface area contributed by atoms with Crippen LogP contribution in [0, 0.1) is 0 Å². The fourth-order valence-corrected chi connectivity index (χ4v) is 2.55. The van der Waals surface area contributed by atoms with Crippen molar-refractivity contribution >= 4 is 23.1 Å². The number of rotatable bonds is 5. The molecule has 0 saturated carbocycles. The summed E-state index contributed by atoms with van der Waals surface area (Å²) in [7, 11) is 1.67. The number of hydrogen-bond acceptors (Lipinski definition) is 5. The fraction of sp³-hybridized carbons (Fsp3) is 0.214. The first-order valence-electron chi connectivity index (χ1n) is 6.28. The lowest BCUT2D eigenvalue weighted by Crippen LogP contribution is -2.38. The number of amidine groups is 1. The molecule has 1 heterocycles. The Balaban J connectivity index is 2.22. The molecule has 1 aromatic heterocycles. The molecule has 7 heteroatoms. The maximum absolute atomic E-state index is 12.6. The van der Waals surface area contributed by atoms with E-state index in [-0.39, 0.29) is 11.7 Å². The summed E-state index contributed by atoms with van der Waals surface area (Å²) in [4.78, 5) is 18.3. The van der Waals surface area contributed by atoms with E-state index in [1.165, 1.54) is 16.2 Å². The second kappa shape index (κ2) is 6.85. The van der Waals surface area contributed by atoms with E-state index >= 15 is 0 Å². The van der Waals surface area contributed by atoms with Crippen molar-refractivity contribution in [1.29, 1.82) is 0 Å². The molecule has 6 nitrogen and oxygen atoms in total. The molecule has 110 valence electrons. The summed E-state index contributed by atoms with van der Waals surface area (Å²) in [5.41, 5.74) is 8.91. The summed E-state index contributed by atoms with van der Waals surface area (Å²) in [6.07, 6.45) is 0. The van der Waals surface area contributed by atoms with Crippen LogP contribution in [0.25, 0.3) is 0 Å². The van der Waals surface area contributed by atoms with E-state index in [9.17, 15) is 4.79 Å². The number of benzene rings is 1. The Morgan fingerprint density at radius 1 is 1.48 bits per heavy atom. The molecular weight excluding hydrogens is 288 g/mol. The first-order valence-corrected chi connectivity index (χ1v) is 7.22. The summed E-state index contributed by atoms with van der Waals surface area (Å²) < 4.78 is 0. The number of carbonyl (C=O) groups is 1. The van der Waals surface area contributed by atoms with Gasteiger partial charge >= 0.3 is 0 Å². The van der Waals surface area contributed by atoms with Crippen LogP contribution in [-0.2, 0) is 11.3 Å². The molecule has 1 atom stereocenters. The van der Waals surface area contributed by atoms with Gasteiger partial charge in [0.2, 0.25) is 5.91 Å². The smallest absolute Gasteiger partial charge is 0.237 e. The third kappa shape index (κ3) is 3.57. The molecule has 0 spiro atoms. The van der Waals surface area contributed by atoms with Gasteiger partial charge in [-0.15, -0.1) is 11.3 Å². The molecule has 0 aliphatic heterocycles. The summed E-state index contributed by atoms with van der Waals surface area (Å²) in [5, 5.41) is 13.8. The summed E-state index contributed by atoms with van der Waals surface area (Å²) in [5.74, 6) is -1.18. The van der Waals surface area contributed by atoms with Crippen LogP contribution in [0.4, 0.5) is 0 Å². The first-order chi connectivity index (χ1) is 10.1. The van der Waals surface area contributed by atoms with Gasteiger partial charge in [0.05, 0.1) is 17.7 Å². The molecule has 1 unspecified atom stereocenters. The van der Waals surface area contributed by atoms with Crippen LogP contribution in [0.3, 0.4) is 0 Å². The number of nitrogens with zero attached hydrogens (tertiary/aromatic N) is 3. The average Bonchev–Trinajstić information content (AvgIpc) is 3.01. The van der Waals surface area contributed by atoms with Gasteiger partial charge in [-0.25, -0.2) is 4.98 Å². The molecule has 1 amide bonds. The minimum Gasteiger partial charge on any atom is -0.409 e. The van der Waals surface area contributed by atoms with Crippen LogP contribution < -0.4 is 5.73 Å². The predicted molar refractivity (Wildman–Crippen MR) is 81.2 cm³/mol. The third-order valence-corrected chi connectivity index (χ3v) is 3.69. The molecule has 0 aliphatic carbocycles. The van der Waals surface area contributed by atoms with Crippen LogP contribution in [0.5, 0.6) is 0 Å². The minimum atomic E-state index is -0.806. The SMILES string of the molecule is CN(Cc1cscn1)C(=O)C(C(N)=NO)c1ccccc1. The molecule has 0 saturated heterocycles. The summed E-state index contributed by atoms with van der Waals surface area (Å²) in [6.45, 7) is 0.379. The number of aromatic nitrogens is 1. The molecule has 0 bridgehead atoms.